The molecule has 0 radical (unpaired) electrons. The zero-order chi connectivity index (χ0) is 11.8. The van der Waals surface area contributed by atoms with Crippen molar-refractivity contribution in [3.63, 3.8) is 0 Å². The molecule has 0 atom stereocenters. The van der Waals surface area contributed by atoms with Gasteiger partial charge in [-0.3, -0.25) is 0 Å². The van der Waals surface area contributed by atoms with Crippen LogP contribution in [0.1, 0.15) is 6.42 Å². The van der Waals surface area contributed by atoms with Crippen molar-refractivity contribution in [1.29, 1.82) is 0 Å². The molecule has 17 heavy (non-hydrogen) atoms. The zero-order valence-electron chi connectivity index (χ0n) is 10.8. The topological polar surface area (TPSA) is 37.3 Å². The van der Waals surface area contributed by atoms with Crippen LogP contribution < -0.4 is 0 Å². The third-order valence-electron chi connectivity index (χ3n) is 4.69. The standard InChI is InChI=1S/C5H5.C2H5O.C2H7Si.CH3.2ClH.O.H2Si.Ti/c1-2-4-5-3-1;1-2-3;1-3-2;;;;;;/h1-3H,4H2;3H,1-2H2;3H,1-2H3;1H3;2*1H;;1H2;. The molecule has 0 fully saturated rings. The normalized spacial score (nSPS) is 16.6. The monoisotopic (exact) mass is 350 g/mol. The molecule has 0 unspecified atom stereocenters. The Hall–Kier alpha value is 0.968. The second-order valence-electron chi connectivity index (χ2n) is 6.07. The Morgan fingerprint density at radius 3 is 2.29 bits per heavy atom. The summed E-state index contributed by atoms with van der Waals surface area (Å²) >= 11 is -4.25. The van der Waals surface area contributed by atoms with Crippen molar-refractivity contribution in [3.8, 4) is 0 Å². The van der Waals surface area contributed by atoms with E-state index in [1.165, 1.54) is 0 Å². The predicted octanol–water partition coefficient (Wildman–Crippen LogP) is 2.23. The van der Waals surface area contributed by atoms with Crippen molar-refractivity contribution < 1.29 is 20.4 Å². The van der Waals surface area contributed by atoms with Crippen LogP contribution in [-0.2, 0) is 15.3 Å². The molecule has 2 nitrogen and oxygen atoms in total. The van der Waals surface area contributed by atoms with Crippen molar-refractivity contribution in [1.82, 2.24) is 0 Å². The van der Waals surface area contributed by atoms with E-state index in [-0.39, 0.29) is 31.4 Å². The minimum Gasteiger partial charge on any atom is -0.147 e. The molecule has 0 aromatic heterocycles. The summed E-state index contributed by atoms with van der Waals surface area (Å²) in [5.74, 6) is 0. The van der Waals surface area contributed by atoms with Gasteiger partial charge in [0.1, 0.15) is 0 Å². The number of rotatable bonds is 4. The number of hydrogen-bond acceptors (Lipinski definition) is 2. The van der Waals surface area contributed by atoms with Gasteiger partial charge >= 0.3 is 92.9 Å². The summed E-state index contributed by atoms with van der Waals surface area (Å²) in [6, 6.07) is 0. The molecule has 0 aromatic rings. The number of aliphatic hydroxyl groups excluding tert-OH is 1. The molecule has 0 heterocycles. The van der Waals surface area contributed by atoms with Gasteiger partial charge in [0.05, 0.1) is 0 Å². The first-order valence-electron chi connectivity index (χ1n) is 5.64. The summed E-state index contributed by atoms with van der Waals surface area (Å²) in [7, 11) is 1.74. The molecular weight excluding hydrogens is 327 g/mol. The van der Waals surface area contributed by atoms with Gasteiger partial charge in [-0.25, -0.2) is 0 Å². The molecule has 1 aliphatic carbocycles. The van der Waals surface area contributed by atoms with Crippen LogP contribution in [0.15, 0.2) is 22.1 Å². The molecule has 0 bridgehead atoms. The van der Waals surface area contributed by atoms with Crippen molar-refractivity contribution in [3.05, 3.63) is 22.1 Å². The molecular formula is C10H24Cl2O2Si2Ti. The van der Waals surface area contributed by atoms with Gasteiger partial charge < -0.3 is 0 Å². The summed E-state index contributed by atoms with van der Waals surface area (Å²) in [4.78, 5) is 0. The van der Waals surface area contributed by atoms with E-state index < -0.39 is 18.6 Å². The number of halogens is 2. The van der Waals surface area contributed by atoms with Crippen LogP contribution in [0.2, 0.25) is 23.0 Å². The Bertz CT molecular complexity index is 498. The predicted molar refractivity (Wildman–Crippen MR) is 82.2 cm³/mol. The molecule has 102 valence electrons. The van der Waals surface area contributed by atoms with Gasteiger partial charge in [-0.05, 0) is 0 Å². The molecule has 1 rings (SSSR count). The SMILES string of the molecule is C[SiH](C)[Ti]([CH3])(=[O])(=[SiH2])([CH2]CO)[C]1=CC=CC1.Cl.Cl. The average Bonchev–Trinajstić information content (AvgIpc) is 2.55. The Kier molecular flexibility index (Phi) is 6.60. The number of aliphatic hydroxyl groups is 1. The van der Waals surface area contributed by atoms with Gasteiger partial charge in [0.2, 0.25) is 0 Å². The summed E-state index contributed by atoms with van der Waals surface area (Å²) in [5.41, 5.74) is 0. The molecule has 0 saturated heterocycles. The van der Waals surface area contributed by atoms with Crippen molar-refractivity contribution in [2.24, 2.45) is 0 Å². The van der Waals surface area contributed by atoms with Crippen LogP contribution in [0, 0.1) is 0 Å². The largest absolute Gasteiger partial charge is 0.147 e. The fourth-order valence-electron chi connectivity index (χ4n) is 2.25. The van der Waals surface area contributed by atoms with Crippen LogP contribution in [0.4, 0.5) is 0 Å². The molecule has 0 aliphatic heterocycles. The van der Waals surface area contributed by atoms with Crippen LogP contribution in [-0.4, -0.2) is 26.0 Å². The fraction of sp³-hybridized carbons (Fsp3) is 0.600. The number of hydrogen-bond donors (Lipinski definition) is 1. The molecule has 1 N–H and O–H groups in total. The van der Waals surface area contributed by atoms with Gasteiger partial charge in [0.25, 0.3) is 0 Å². The van der Waals surface area contributed by atoms with Crippen molar-refractivity contribution in [2.45, 2.75) is 29.5 Å². The number of allylic oxidation sites excluding steroid dienone is 4. The maximum absolute atomic E-state index is 13.8. The zero-order valence-corrected chi connectivity index (χ0v) is 16.6. The van der Waals surface area contributed by atoms with E-state index in [4.69, 9.17) is 0 Å². The first kappa shape index (κ1) is 20.3. The Balaban J connectivity index is 0. The van der Waals surface area contributed by atoms with E-state index >= 15 is 0 Å². The van der Waals surface area contributed by atoms with Crippen LogP contribution in [0.3, 0.4) is 0 Å². The minimum atomic E-state index is -4.25. The minimum absolute atomic E-state index is 0. The summed E-state index contributed by atoms with van der Waals surface area (Å²) in [6.07, 6.45) is 6.94. The summed E-state index contributed by atoms with van der Waals surface area (Å²) < 4.78 is 15.4. The van der Waals surface area contributed by atoms with Gasteiger partial charge in [0.15, 0.2) is 0 Å². The second-order valence-corrected chi connectivity index (χ2v) is 45.9. The Morgan fingerprint density at radius 2 is 2.00 bits per heavy atom. The third-order valence-corrected chi connectivity index (χ3v) is 49.5. The molecule has 0 aromatic carbocycles. The van der Waals surface area contributed by atoms with E-state index in [1.54, 1.807) is 7.63 Å². The van der Waals surface area contributed by atoms with Gasteiger partial charge in [0, 0.05) is 0 Å². The summed E-state index contributed by atoms with van der Waals surface area (Å²) in [5, 5.41) is 11.3. The molecule has 0 amide bonds. The molecule has 0 spiro atoms. The molecule has 1 aliphatic rings. The van der Waals surface area contributed by atoms with Gasteiger partial charge in [-0.2, -0.15) is 0 Å². The van der Waals surface area contributed by atoms with Crippen molar-refractivity contribution >= 4 is 39.1 Å². The first-order valence-corrected chi connectivity index (χ1v) is 19.3. The third kappa shape index (κ3) is 3.29. The van der Waals surface area contributed by atoms with Crippen molar-refractivity contribution in [2.75, 3.05) is 6.61 Å². The first-order chi connectivity index (χ1) is 6.66. The van der Waals surface area contributed by atoms with Gasteiger partial charge in [-0.15, -0.1) is 24.8 Å². The Labute approximate surface area is 117 Å². The van der Waals surface area contributed by atoms with E-state index in [1.807, 2.05) is 17.4 Å². The second kappa shape index (κ2) is 5.53. The quantitative estimate of drug-likeness (QED) is 0.789. The van der Waals surface area contributed by atoms with Crippen LogP contribution >= 0.6 is 24.8 Å². The van der Waals surface area contributed by atoms with E-state index in [0.717, 1.165) is 10.3 Å². The summed E-state index contributed by atoms with van der Waals surface area (Å²) in [6.45, 7) is 3.06. The average molecular weight is 351 g/mol. The fourth-order valence-corrected chi connectivity index (χ4v) is 16.8. The molecule has 7 heteroatoms. The maximum atomic E-state index is 13.8. The smallest absolute Gasteiger partial charge is 0.147 e. The van der Waals surface area contributed by atoms with Crippen LogP contribution in [0.25, 0.3) is 0 Å². The van der Waals surface area contributed by atoms with E-state index in [0.29, 0.717) is 4.73 Å². The van der Waals surface area contributed by atoms with Crippen LogP contribution in [0.5, 0.6) is 0 Å². The van der Waals surface area contributed by atoms with E-state index in [2.05, 4.69) is 19.2 Å². The van der Waals surface area contributed by atoms with Gasteiger partial charge in [-0.1, -0.05) is 0 Å². The molecule has 0 saturated carbocycles. The van der Waals surface area contributed by atoms with E-state index in [9.17, 15) is 8.43 Å². The maximum Gasteiger partial charge on any atom is -0.147 e. The Morgan fingerprint density at radius 1 is 1.47 bits per heavy atom.